The molecule has 0 saturated heterocycles. The van der Waals surface area contributed by atoms with Gasteiger partial charge in [0, 0.05) is 11.4 Å². The number of benzene rings is 4. The van der Waals surface area contributed by atoms with Gasteiger partial charge in [-0.1, -0.05) is 84.9 Å². The van der Waals surface area contributed by atoms with E-state index in [0.717, 1.165) is 11.4 Å². The van der Waals surface area contributed by atoms with Crippen LogP contribution in [0, 0.1) is 0 Å². The molecular formula is C26H22N2. The van der Waals surface area contributed by atoms with Gasteiger partial charge in [-0.05, 0) is 46.5 Å². The summed E-state index contributed by atoms with van der Waals surface area (Å²) in [6.07, 6.45) is 0. The zero-order chi connectivity index (χ0) is 18.8. The Morgan fingerprint density at radius 2 is 0.750 bits per heavy atom. The number of para-hydroxylation sites is 2. The van der Waals surface area contributed by atoms with E-state index in [1.807, 2.05) is 0 Å². The Bertz CT molecular complexity index is 985. The highest BCUT2D eigenvalue weighted by Crippen LogP contribution is 2.47. The first-order valence-electron chi connectivity index (χ1n) is 9.71. The van der Waals surface area contributed by atoms with Crippen molar-refractivity contribution in [3.63, 3.8) is 0 Å². The lowest BCUT2D eigenvalue weighted by atomic mass is 9.79. The van der Waals surface area contributed by atoms with Gasteiger partial charge in [0.15, 0.2) is 0 Å². The van der Waals surface area contributed by atoms with Crippen LogP contribution in [0.5, 0.6) is 0 Å². The third kappa shape index (κ3) is 3.03. The Hall–Kier alpha value is -3.52. The van der Waals surface area contributed by atoms with Crippen LogP contribution >= 0.6 is 0 Å². The molecule has 28 heavy (non-hydrogen) atoms. The molecule has 2 nitrogen and oxygen atoms in total. The molecule has 0 spiro atoms. The normalized spacial score (nSPS) is 17.3. The van der Waals surface area contributed by atoms with E-state index in [9.17, 15) is 0 Å². The second-order valence-electron chi connectivity index (χ2n) is 7.15. The summed E-state index contributed by atoms with van der Waals surface area (Å²) in [5.74, 6) is 0. The van der Waals surface area contributed by atoms with Gasteiger partial charge in [-0.3, -0.25) is 0 Å². The Morgan fingerprint density at radius 1 is 0.393 bits per heavy atom. The molecule has 0 aromatic heterocycles. The maximum Gasteiger partial charge on any atom is 0.0763 e. The molecule has 2 atom stereocenters. The van der Waals surface area contributed by atoms with E-state index in [1.165, 1.54) is 22.3 Å². The van der Waals surface area contributed by atoms with Crippen LogP contribution in [-0.4, -0.2) is 0 Å². The number of hydrogen-bond donors (Lipinski definition) is 2. The first-order valence-corrected chi connectivity index (χ1v) is 9.71. The lowest BCUT2D eigenvalue weighted by molar-refractivity contribution is 0.642. The average molecular weight is 362 g/mol. The molecule has 0 unspecified atom stereocenters. The molecule has 2 heteroatoms. The lowest BCUT2D eigenvalue weighted by Crippen LogP contribution is -2.29. The zero-order valence-corrected chi connectivity index (χ0v) is 15.5. The summed E-state index contributed by atoms with van der Waals surface area (Å²) in [6.45, 7) is 0. The van der Waals surface area contributed by atoms with Crippen LogP contribution in [0.1, 0.15) is 23.2 Å². The maximum atomic E-state index is 3.79. The van der Waals surface area contributed by atoms with Crippen molar-refractivity contribution in [2.45, 2.75) is 12.1 Å². The molecule has 0 amide bonds. The van der Waals surface area contributed by atoms with Crippen molar-refractivity contribution in [3.8, 4) is 11.1 Å². The van der Waals surface area contributed by atoms with E-state index in [0.29, 0.717) is 0 Å². The molecule has 2 N–H and O–H groups in total. The highest BCUT2D eigenvalue weighted by molar-refractivity contribution is 5.77. The minimum atomic E-state index is 0.119. The van der Waals surface area contributed by atoms with Gasteiger partial charge < -0.3 is 10.6 Å². The molecule has 0 fully saturated rings. The van der Waals surface area contributed by atoms with E-state index in [-0.39, 0.29) is 12.1 Å². The lowest BCUT2D eigenvalue weighted by Gasteiger charge is -2.37. The van der Waals surface area contributed by atoms with Gasteiger partial charge in [0.2, 0.25) is 0 Å². The van der Waals surface area contributed by atoms with Crippen molar-refractivity contribution in [1.82, 2.24) is 0 Å². The summed E-state index contributed by atoms with van der Waals surface area (Å²) in [4.78, 5) is 0. The number of anilines is 2. The topological polar surface area (TPSA) is 24.1 Å². The molecule has 4 aromatic rings. The first-order chi connectivity index (χ1) is 13.9. The molecular weight excluding hydrogens is 340 g/mol. The Balaban J connectivity index is 1.64. The van der Waals surface area contributed by atoms with Gasteiger partial charge in [-0.15, -0.1) is 0 Å². The molecule has 1 aliphatic rings. The highest BCUT2D eigenvalue weighted by atomic mass is 15.0. The molecule has 4 aromatic carbocycles. The van der Waals surface area contributed by atoms with Crippen molar-refractivity contribution in [2.24, 2.45) is 0 Å². The smallest absolute Gasteiger partial charge is 0.0763 e. The van der Waals surface area contributed by atoms with Crippen LogP contribution in [0.4, 0.5) is 11.4 Å². The highest BCUT2D eigenvalue weighted by Gasteiger charge is 2.33. The minimum Gasteiger partial charge on any atom is -0.376 e. The zero-order valence-electron chi connectivity index (χ0n) is 15.5. The van der Waals surface area contributed by atoms with Crippen LogP contribution < -0.4 is 10.6 Å². The molecule has 5 rings (SSSR count). The van der Waals surface area contributed by atoms with Gasteiger partial charge in [-0.2, -0.15) is 0 Å². The van der Waals surface area contributed by atoms with Crippen LogP contribution in [0.3, 0.4) is 0 Å². The summed E-state index contributed by atoms with van der Waals surface area (Å²) >= 11 is 0. The van der Waals surface area contributed by atoms with Gasteiger partial charge in [0.05, 0.1) is 12.1 Å². The van der Waals surface area contributed by atoms with E-state index in [2.05, 4.69) is 120 Å². The fourth-order valence-electron chi connectivity index (χ4n) is 4.14. The molecule has 0 radical (unpaired) electrons. The SMILES string of the molecule is c1ccc(N[C@@H]2c3ccccc3-c3ccccc3[C@H]2Nc2ccccc2)cc1. The minimum absolute atomic E-state index is 0.119. The van der Waals surface area contributed by atoms with Gasteiger partial charge in [0.25, 0.3) is 0 Å². The molecule has 0 heterocycles. The summed E-state index contributed by atoms with van der Waals surface area (Å²) in [5.41, 5.74) is 7.50. The van der Waals surface area contributed by atoms with Gasteiger partial charge in [0.1, 0.15) is 0 Å². The second kappa shape index (κ2) is 7.24. The van der Waals surface area contributed by atoms with Gasteiger partial charge >= 0.3 is 0 Å². The first kappa shape index (κ1) is 16.6. The third-order valence-corrected chi connectivity index (χ3v) is 5.41. The number of rotatable bonds is 4. The van der Waals surface area contributed by atoms with Crippen LogP contribution in [0.2, 0.25) is 0 Å². The fourth-order valence-corrected chi connectivity index (χ4v) is 4.14. The molecule has 0 saturated carbocycles. The predicted octanol–water partition coefficient (Wildman–Crippen LogP) is 6.67. The summed E-state index contributed by atoms with van der Waals surface area (Å²) < 4.78 is 0. The molecule has 0 aliphatic heterocycles. The predicted molar refractivity (Wildman–Crippen MR) is 117 cm³/mol. The molecule has 136 valence electrons. The second-order valence-corrected chi connectivity index (χ2v) is 7.15. The maximum absolute atomic E-state index is 3.79. The van der Waals surface area contributed by atoms with Crippen molar-refractivity contribution in [3.05, 3.63) is 120 Å². The average Bonchev–Trinajstić information content (AvgIpc) is 2.77. The van der Waals surface area contributed by atoms with Crippen LogP contribution in [-0.2, 0) is 0 Å². The Labute approximate surface area is 165 Å². The van der Waals surface area contributed by atoms with Crippen molar-refractivity contribution in [2.75, 3.05) is 10.6 Å². The molecule has 0 bridgehead atoms. The van der Waals surface area contributed by atoms with E-state index >= 15 is 0 Å². The van der Waals surface area contributed by atoms with Crippen LogP contribution in [0.15, 0.2) is 109 Å². The van der Waals surface area contributed by atoms with E-state index in [4.69, 9.17) is 0 Å². The van der Waals surface area contributed by atoms with Crippen molar-refractivity contribution in [1.29, 1.82) is 0 Å². The number of hydrogen-bond acceptors (Lipinski definition) is 2. The van der Waals surface area contributed by atoms with Crippen molar-refractivity contribution < 1.29 is 0 Å². The largest absolute Gasteiger partial charge is 0.376 e. The quantitative estimate of drug-likeness (QED) is 0.423. The van der Waals surface area contributed by atoms with Crippen molar-refractivity contribution >= 4 is 11.4 Å². The Kier molecular flexibility index (Phi) is 4.30. The monoisotopic (exact) mass is 362 g/mol. The molecule has 1 aliphatic carbocycles. The number of nitrogens with one attached hydrogen (secondary N) is 2. The summed E-state index contributed by atoms with van der Waals surface area (Å²) in [6, 6.07) is 38.6. The summed E-state index contributed by atoms with van der Waals surface area (Å²) in [5, 5.41) is 7.57. The van der Waals surface area contributed by atoms with Gasteiger partial charge in [-0.25, -0.2) is 0 Å². The van der Waals surface area contributed by atoms with E-state index in [1.54, 1.807) is 0 Å². The van der Waals surface area contributed by atoms with Crippen LogP contribution in [0.25, 0.3) is 11.1 Å². The van der Waals surface area contributed by atoms with E-state index < -0.39 is 0 Å². The number of fused-ring (bicyclic) bond motifs is 3. The third-order valence-electron chi connectivity index (χ3n) is 5.41. The standard InChI is InChI=1S/C26H22N2/c1-3-11-19(12-4-1)27-25-23-17-9-7-15-21(23)22-16-8-10-18-24(22)26(25)28-20-13-5-2-6-14-20/h1-18,25-28H/t25-,26-/m1/s1. The Morgan fingerprint density at radius 3 is 1.18 bits per heavy atom. The fraction of sp³-hybridized carbons (Fsp3) is 0.0769. The summed E-state index contributed by atoms with van der Waals surface area (Å²) in [7, 11) is 0.